The SMILES string of the molecule is CC(NC(=O)CSC1CCNCC1)c1ncn[nH]1. The molecular formula is C11H19N5OS. The van der Waals surface area contributed by atoms with Gasteiger partial charge in [0.05, 0.1) is 11.8 Å². The second-order valence-corrected chi connectivity index (χ2v) is 5.71. The lowest BCUT2D eigenvalue weighted by Gasteiger charge is -2.22. The maximum absolute atomic E-state index is 11.8. The van der Waals surface area contributed by atoms with Crippen LogP contribution in [-0.2, 0) is 4.79 Å². The van der Waals surface area contributed by atoms with Crippen LogP contribution in [-0.4, -0.2) is 45.2 Å². The number of carbonyl (C=O) groups is 1. The molecule has 1 atom stereocenters. The Morgan fingerprint density at radius 2 is 2.39 bits per heavy atom. The van der Waals surface area contributed by atoms with Crippen LogP contribution in [0.3, 0.4) is 0 Å². The van der Waals surface area contributed by atoms with Crippen molar-refractivity contribution in [2.75, 3.05) is 18.8 Å². The summed E-state index contributed by atoms with van der Waals surface area (Å²) in [6, 6.07) is -0.117. The van der Waals surface area contributed by atoms with Gasteiger partial charge < -0.3 is 10.6 Å². The van der Waals surface area contributed by atoms with E-state index in [1.54, 1.807) is 11.8 Å². The summed E-state index contributed by atoms with van der Waals surface area (Å²) in [5, 5.41) is 13.4. The van der Waals surface area contributed by atoms with Crippen LogP contribution in [0.2, 0.25) is 0 Å². The van der Waals surface area contributed by atoms with Gasteiger partial charge in [-0.05, 0) is 32.9 Å². The second-order valence-electron chi connectivity index (χ2n) is 4.42. The summed E-state index contributed by atoms with van der Waals surface area (Å²) in [6.45, 7) is 4.02. The molecule has 1 aromatic rings. The summed E-state index contributed by atoms with van der Waals surface area (Å²) >= 11 is 1.75. The number of rotatable bonds is 5. The number of piperidine rings is 1. The molecule has 0 aliphatic carbocycles. The number of carbonyl (C=O) groups excluding carboxylic acids is 1. The molecule has 1 saturated heterocycles. The van der Waals surface area contributed by atoms with Crippen molar-refractivity contribution in [2.45, 2.75) is 31.1 Å². The van der Waals surface area contributed by atoms with Crippen LogP contribution in [0.4, 0.5) is 0 Å². The van der Waals surface area contributed by atoms with Gasteiger partial charge in [-0.1, -0.05) is 0 Å². The summed E-state index contributed by atoms with van der Waals surface area (Å²) < 4.78 is 0. The van der Waals surface area contributed by atoms with Gasteiger partial charge in [-0.3, -0.25) is 9.89 Å². The Morgan fingerprint density at radius 3 is 3.06 bits per heavy atom. The number of nitrogens with one attached hydrogen (secondary N) is 3. The summed E-state index contributed by atoms with van der Waals surface area (Å²) in [6.07, 6.45) is 3.74. The van der Waals surface area contributed by atoms with E-state index in [1.807, 2.05) is 6.92 Å². The minimum absolute atomic E-state index is 0.0578. The van der Waals surface area contributed by atoms with Crippen LogP contribution >= 0.6 is 11.8 Å². The molecule has 0 radical (unpaired) electrons. The Labute approximate surface area is 111 Å². The predicted octanol–water partition coefficient (Wildman–Crippen LogP) is 0.467. The molecule has 3 N–H and O–H groups in total. The fourth-order valence-electron chi connectivity index (χ4n) is 1.93. The third kappa shape index (κ3) is 3.99. The van der Waals surface area contributed by atoms with Crippen LogP contribution in [0.25, 0.3) is 0 Å². The number of amides is 1. The minimum Gasteiger partial charge on any atom is -0.346 e. The maximum atomic E-state index is 11.8. The third-order valence-electron chi connectivity index (χ3n) is 2.96. The average molecular weight is 269 g/mol. The molecule has 1 aliphatic rings. The molecule has 18 heavy (non-hydrogen) atoms. The van der Waals surface area contributed by atoms with E-state index in [0.717, 1.165) is 25.9 Å². The van der Waals surface area contributed by atoms with Crippen LogP contribution in [0.5, 0.6) is 0 Å². The first kappa shape index (κ1) is 13.4. The zero-order valence-electron chi connectivity index (χ0n) is 10.5. The van der Waals surface area contributed by atoms with E-state index in [0.29, 0.717) is 16.8 Å². The first-order valence-corrected chi connectivity index (χ1v) is 7.27. The number of aromatic amines is 1. The molecular weight excluding hydrogens is 250 g/mol. The van der Waals surface area contributed by atoms with Gasteiger partial charge in [0.15, 0.2) is 0 Å². The predicted molar refractivity (Wildman–Crippen MR) is 71.3 cm³/mol. The van der Waals surface area contributed by atoms with E-state index in [9.17, 15) is 4.79 Å². The molecule has 0 bridgehead atoms. The van der Waals surface area contributed by atoms with Gasteiger partial charge in [-0.2, -0.15) is 5.10 Å². The number of hydrogen-bond donors (Lipinski definition) is 3. The van der Waals surface area contributed by atoms with E-state index in [2.05, 4.69) is 25.8 Å². The number of H-pyrrole nitrogens is 1. The Hall–Kier alpha value is -1.08. The van der Waals surface area contributed by atoms with Crippen molar-refractivity contribution in [2.24, 2.45) is 0 Å². The lowest BCUT2D eigenvalue weighted by molar-refractivity contribution is -0.119. The topological polar surface area (TPSA) is 82.7 Å². The smallest absolute Gasteiger partial charge is 0.230 e. The van der Waals surface area contributed by atoms with Gasteiger partial charge in [-0.15, -0.1) is 11.8 Å². The van der Waals surface area contributed by atoms with Crippen molar-refractivity contribution >= 4 is 17.7 Å². The van der Waals surface area contributed by atoms with Gasteiger partial charge in [0, 0.05) is 5.25 Å². The summed E-state index contributed by atoms with van der Waals surface area (Å²) in [7, 11) is 0. The number of nitrogens with zero attached hydrogens (tertiary/aromatic N) is 2. The second kappa shape index (κ2) is 6.75. The highest BCUT2D eigenvalue weighted by Crippen LogP contribution is 2.19. The van der Waals surface area contributed by atoms with Gasteiger partial charge in [0.2, 0.25) is 5.91 Å². The van der Waals surface area contributed by atoms with Crippen LogP contribution < -0.4 is 10.6 Å². The molecule has 7 heteroatoms. The molecule has 0 spiro atoms. The first-order chi connectivity index (χ1) is 8.75. The molecule has 1 unspecified atom stereocenters. The zero-order valence-corrected chi connectivity index (χ0v) is 11.3. The molecule has 2 heterocycles. The van der Waals surface area contributed by atoms with Crippen LogP contribution in [0.1, 0.15) is 31.6 Å². The fraction of sp³-hybridized carbons (Fsp3) is 0.727. The van der Waals surface area contributed by atoms with Gasteiger partial charge >= 0.3 is 0 Å². The molecule has 6 nitrogen and oxygen atoms in total. The highest BCUT2D eigenvalue weighted by molar-refractivity contribution is 8.00. The molecule has 100 valence electrons. The molecule has 0 aromatic carbocycles. The van der Waals surface area contributed by atoms with Crippen molar-refractivity contribution in [3.63, 3.8) is 0 Å². The summed E-state index contributed by atoms with van der Waals surface area (Å²) in [5.74, 6) is 1.26. The summed E-state index contributed by atoms with van der Waals surface area (Å²) in [5.41, 5.74) is 0. The van der Waals surface area contributed by atoms with Crippen molar-refractivity contribution in [3.8, 4) is 0 Å². The van der Waals surface area contributed by atoms with Crippen molar-refractivity contribution < 1.29 is 4.79 Å². The standard InChI is InChI=1S/C11H19N5OS/c1-8(11-13-7-14-16-11)15-10(17)6-18-9-2-4-12-5-3-9/h7-9,12H,2-6H2,1H3,(H,15,17)(H,13,14,16). The van der Waals surface area contributed by atoms with E-state index in [-0.39, 0.29) is 11.9 Å². The van der Waals surface area contributed by atoms with E-state index in [4.69, 9.17) is 0 Å². The van der Waals surface area contributed by atoms with Gasteiger partial charge in [-0.25, -0.2) is 4.98 Å². The van der Waals surface area contributed by atoms with E-state index >= 15 is 0 Å². The molecule has 1 aliphatic heterocycles. The lowest BCUT2D eigenvalue weighted by Crippen LogP contribution is -2.32. The third-order valence-corrected chi connectivity index (χ3v) is 4.33. The normalized spacial score (nSPS) is 18.5. The van der Waals surface area contributed by atoms with Crippen molar-refractivity contribution in [3.05, 3.63) is 12.2 Å². The Balaban J connectivity index is 1.68. The number of aromatic nitrogens is 3. The highest BCUT2D eigenvalue weighted by atomic mass is 32.2. The Morgan fingerprint density at radius 1 is 1.61 bits per heavy atom. The number of hydrogen-bond acceptors (Lipinski definition) is 5. The molecule has 1 amide bonds. The maximum Gasteiger partial charge on any atom is 0.230 e. The molecule has 1 fully saturated rings. The quantitative estimate of drug-likeness (QED) is 0.723. The summed E-state index contributed by atoms with van der Waals surface area (Å²) in [4.78, 5) is 15.8. The van der Waals surface area contributed by atoms with Crippen LogP contribution in [0, 0.1) is 0 Å². The molecule has 0 saturated carbocycles. The first-order valence-electron chi connectivity index (χ1n) is 6.22. The largest absolute Gasteiger partial charge is 0.346 e. The average Bonchev–Trinajstić information content (AvgIpc) is 2.91. The molecule has 1 aromatic heterocycles. The number of thioether (sulfide) groups is 1. The highest BCUT2D eigenvalue weighted by Gasteiger charge is 2.16. The fourth-order valence-corrected chi connectivity index (χ4v) is 2.97. The minimum atomic E-state index is -0.117. The van der Waals surface area contributed by atoms with Gasteiger partial charge in [0.25, 0.3) is 0 Å². The Kier molecular flexibility index (Phi) is 5.00. The lowest BCUT2D eigenvalue weighted by atomic mass is 10.2. The monoisotopic (exact) mass is 269 g/mol. The van der Waals surface area contributed by atoms with Crippen molar-refractivity contribution in [1.82, 2.24) is 25.8 Å². The van der Waals surface area contributed by atoms with E-state index in [1.165, 1.54) is 6.33 Å². The van der Waals surface area contributed by atoms with Crippen LogP contribution in [0.15, 0.2) is 6.33 Å². The zero-order chi connectivity index (χ0) is 12.8. The van der Waals surface area contributed by atoms with E-state index < -0.39 is 0 Å². The van der Waals surface area contributed by atoms with Gasteiger partial charge in [0.1, 0.15) is 12.2 Å². The molecule has 2 rings (SSSR count). The Bertz CT molecular complexity index is 364. The van der Waals surface area contributed by atoms with Crippen molar-refractivity contribution in [1.29, 1.82) is 0 Å².